The van der Waals surface area contributed by atoms with Crippen molar-refractivity contribution in [3.05, 3.63) is 35.5 Å². The first-order chi connectivity index (χ1) is 10.7. The molecule has 4 heterocycles. The van der Waals surface area contributed by atoms with Gasteiger partial charge in [0.2, 0.25) is 5.91 Å². The molecule has 5 heteroatoms. The number of piperazine rings is 1. The van der Waals surface area contributed by atoms with Gasteiger partial charge in [0, 0.05) is 24.6 Å². The number of H-pyrrole nitrogens is 1. The van der Waals surface area contributed by atoms with E-state index in [2.05, 4.69) is 28.5 Å². The van der Waals surface area contributed by atoms with Crippen LogP contribution in [0.3, 0.4) is 0 Å². The van der Waals surface area contributed by atoms with E-state index in [-0.39, 0.29) is 18.0 Å². The number of ether oxygens (including phenoxy) is 1. The highest BCUT2D eigenvalue weighted by Crippen LogP contribution is 2.45. The molecule has 0 unspecified atom stereocenters. The molecular weight excluding hydrogens is 278 g/mol. The van der Waals surface area contributed by atoms with Crippen LogP contribution in [0.5, 0.6) is 0 Å². The van der Waals surface area contributed by atoms with Crippen LogP contribution in [-0.2, 0) is 21.7 Å². The number of para-hydroxylation sites is 1. The Balaban J connectivity index is 1.80. The lowest BCUT2D eigenvalue weighted by Crippen LogP contribution is -2.72. The van der Waals surface area contributed by atoms with Gasteiger partial charge in [-0.15, -0.1) is 0 Å². The van der Waals surface area contributed by atoms with Crippen LogP contribution in [0.1, 0.15) is 24.1 Å². The molecule has 0 aliphatic carbocycles. The number of nitrogens with one attached hydrogen (secondary N) is 2. The van der Waals surface area contributed by atoms with E-state index in [1.807, 2.05) is 11.0 Å². The normalized spacial score (nSPS) is 33.1. The molecule has 3 atom stereocenters. The summed E-state index contributed by atoms with van der Waals surface area (Å²) in [6.45, 7) is 0.850. The van der Waals surface area contributed by atoms with Crippen molar-refractivity contribution in [1.29, 1.82) is 0 Å². The van der Waals surface area contributed by atoms with Crippen molar-refractivity contribution in [2.45, 2.75) is 37.1 Å². The number of methoxy groups -OCH3 is 1. The Kier molecular flexibility index (Phi) is 2.37. The number of nitrogens with zero attached hydrogens (tertiary/aromatic N) is 1. The first-order valence-corrected chi connectivity index (χ1v) is 7.98. The third-order valence-electron chi connectivity index (χ3n) is 5.61. The van der Waals surface area contributed by atoms with Gasteiger partial charge in [-0.3, -0.25) is 10.1 Å². The SMILES string of the molecule is CO[C@]12N[C@H](Cc3c1[nH]c1ccccc31)C(=O)N1CCC[C@H]12. The van der Waals surface area contributed by atoms with Crippen molar-refractivity contribution in [2.24, 2.45) is 0 Å². The highest BCUT2D eigenvalue weighted by molar-refractivity contribution is 5.90. The van der Waals surface area contributed by atoms with Gasteiger partial charge in [0.1, 0.15) is 0 Å². The van der Waals surface area contributed by atoms with Crippen molar-refractivity contribution in [1.82, 2.24) is 15.2 Å². The fourth-order valence-electron chi connectivity index (χ4n) is 4.68. The van der Waals surface area contributed by atoms with E-state index in [0.29, 0.717) is 0 Å². The summed E-state index contributed by atoms with van der Waals surface area (Å²) in [5.74, 6) is 0.228. The van der Waals surface area contributed by atoms with E-state index >= 15 is 0 Å². The monoisotopic (exact) mass is 297 g/mol. The molecule has 3 aliphatic rings. The lowest BCUT2D eigenvalue weighted by Gasteiger charge is -2.52. The van der Waals surface area contributed by atoms with Gasteiger partial charge in [0.25, 0.3) is 0 Å². The predicted molar refractivity (Wildman–Crippen MR) is 82.3 cm³/mol. The zero-order valence-electron chi connectivity index (χ0n) is 12.6. The van der Waals surface area contributed by atoms with Crippen molar-refractivity contribution in [3.63, 3.8) is 0 Å². The molecule has 1 aromatic heterocycles. The average Bonchev–Trinajstić information content (AvgIpc) is 3.18. The number of fused-ring (bicyclic) bond motifs is 8. The zero-order valence-corrected chi connectivity index (χ0v) is 12.6. The number of hydrogen-bond acceptors (Lipinski definition) is 3. The van der Waals surface area contributed by atoms with Crippen molar-refractivity contribution in [2.75, 3.05) is 13.7 Å². The lowest BCUT2D eigenvalue weighted by molar-refractivity contribution is -0.170. The zero-order chi connectivity index (χ0) is 14.9. The van der Waals surface area contributed by atoms with Gasteiger partial charge in [0.05, 0.1) is 17.8 Å². The Labute approximate surface area is 128 Å². The lowest BCUT2D eigenvalue weighted by atomic mass is 9.82. The van der Waals surface area contributed by atoms with Crippen LogP contribution in [0.2, 0.25) is 0 Å². The Morgan fingerprint density at radius 3 is 3.09 bits per heavy atom. The molecule has 0 saturated carbocycles. The predicted octanol–water partition coefficient (Wildman–Crippen LogP) is 1.49. The molecule has 1 aromatic carbocycles. The molecule has 0 spiro atoms. The molecule has 5 nitrogen and oxygen atoms in total. The topological polar surface area (TPSA) is 57.4 Å². The fourth-order valence-corrected chi connectivity index (χ4v) is 4.68. The highest BCUT2D eigenvalue weighted by Gasteiger charge is 2.58. The van der Waals surface area contributed by atoms with E-state index in [1.165, 1.54) is 10.9 Å². The number of aromatic amines is 1. The molecule has 2 bridgehead atoms. The Morgan fingerprint density at radius 1 is 1.36 bits per heavy atom. The maximum Gasteiger partial charge on any atom is 0.240 e. The maximum absolute atomic E-state index is 12.7. The highest BCUT2D eigenvalue weighted by atomic mass is 16.5. The smallest absolute Gasteiger partial charge is 0.240 e. The molecule has 22 heavy (non-hydrogen) atoms. The van der Waals surface area contributed by atoms with Crippen LogP contribution < -0.4 is 5.32 Å². The second kappa shape index (κ2) is 4.12. The Morgan fingerprint density at radius 2 is 2.23 bits per heavy atom. The van der Waals surface area contributed by atoms with E-state index in [1.54, 1.807) is 7.11 Å². The van der Waals surface area contributed by atoms with Crippen LogP contribution in [0.25, 0.3) is 10.9 Å². The van der Waals surface area contributed by atoms with E-state index in [0.717, 1.165) is 37.0 Å². The summed E-state index contributed by atoms with van der Waals surface area (Å²) in [4.78, 5) is 18.3. The molecule has 2 N–H and O–H groups in total. The second-order valence-corrected chi connectivity index (χ2v) is 6.55. The standard InChI is InChI=1S/C17H19N3O2/c1-22-17-14-7-4-8-20(14)16(21)13(19-17)9-11-10-5-2-3-6-12(10)18-15(11)17/h2-3,5-6,13-14,18-19H,4,7-9H2,1H3/t13-,14+,17+/m1/s1. The largest absolute Gasteiger partial charge is 0.356 e. The van der Waals surface area contributed by atoms with Crippen molar-refractivity contribution < 1.29 is 9.53 Å². The van der Waals surface area contributed by atoms with E-state index in [9.17, 15) is 4.79 Å². The molecule has 2 saturated heterocycles. The van der Waals surface area contributed by atoms with E-state index < -0.39 is 5.72 Å². The van der Waals surface area contributed by atoms with Crippen molar-refractivity contribution >= 4 is 16.8 Å². The summed E-state index contributed by atoms with van der Waals surface area (Å²) in [5, 5.41) is 4.72. The molecule has 5 rings (SSSR count). The molecule has 114 valence electrons. The number of hydrogen-bond donors (Lipinski definition) is 2. The molecule has 2 aromatic rings. The van der Waals surface area contributed by atoms with Gasteiger partial charge in [-0.25, -0.2) is 0 Å². The third-order valence-corrected chi connectivity index (χ3v) is 5.61. The van der Waals surface area contributed by atoms with E-state index in [4.69, 9.17) is 4.74 Å². The minimum absolute atomic E-state index is 0.0772. The summed E-state index contributed by atoms with van der Waals surface area (Å²) < 4.78 is 6.03. The van der Waals surface area contributed by atoms with Crippen LogP contribution in [-0.4, -0.2) is 41.5 Å². The van der Waals surface area contributed by atoms with Crippen molar-refractivity contribution in [3.8, 4) is 0 Å². The van der Waals surface area contributed by atoms with Gasteiger partial charge in [0.15, 0.2) is 5.72 Å². The minimum Gasteiger partial charge on any atom is -0.356 e. The van der Waals surface area contributed by atoms with Crippen LogP contribution in [0.15, 0.2) is 24.3 Å². The number of rotatable bonds is 1. The molecule has 2 fully saturated rings. The molecule has 3 aliphatic heterocycles. The van der Waals surface area contributed by atoms with Gasteiger partial charge >= 0.3 is 0 Å². The number of benzene rings is 1. The average molecular weight is 297 g/mol. The first kappa shape index (κ1) is 12.7. The summed E-state index contributed by atoms with van der Waals surface area (Å²) >= 11 is 0. The van der Waals surface area contributed by atoms with Gasteiger partial charge < -0.3 is 14.6 Å². The second-order valence-electron chi connectivity index (χ2n) is 6.55. The Bertz CT molecular complexity index is 783. The van der Waals surface area contributed by atoms with Gasteiger partial charge in [-0.05, 0) is 30.9 Å². The van der Waals surface area contributed by atoms with Crippen LogP contribution in [0.4, 0.5) is 0 Å². The number of carbonyl (C=O) groups is 1. The molecule has 0 radical (unpaired) electrons. The third kappa shape index (κ3) is 1.34. The van der Waals surface area contributed by atoms with Gasteiger partial charge in [-0.1, -0.05) is 18.2 Å². The number of aromatic nitrogens is 1. The summed E-state index contributed by atoms with van der Waals surface area (Å²) in [6.07, 6.45) is 2.76. The summed E-state index contributed by atoms with van der Waals surface area (Å²) in [7, 11) is 1.75. The summed E-state index contributed by atoms with van der Waals surface area (Å²) in [6, 6.07) is 8.21. The number of amides is 1. The maximum atomic E-state index is 12.7. The molecule has 1 amide bonds. The fraction of sp³-hybridized carbons (Fsp3) is 0.471. The van der Waals surface area contributed by atoms with Gasteiger partial charge in [-0.2, -0.15) is 0 Å². The number of carbonyl (C=O) groups excluding carboxylic acids is 1. The minimum atomic E-state index is -0.596. The van der Waals surface area contributed by atoms with Crippen LogP contribution >= 0.6 is 0 Å². The Hall–Kier alpha value is -1.85. The molecular formula is C17H19N3O2. The van der Waals surface area contributed by atoms with Crippen LogP contribution in [0, 0.1) is 0 Å². The quantitative estimate of drug-likeness (QED) is 0.838. The summed E-state index contributed by atoms with van der Waals surface area (Å²) in [5.41, 5.74) is 2.87. The first-order valence-electron chi connectivity index (χ1n) is 7.98.